The van der Waals surface area contributed by atoms with Crippen molar-refractivity contribution < 1.29 is 18.3 Å². The minimum atomic E-state index is -3.87. The third-order valence-electron chi connectivity index (χ3n) is 4.05. The Morgan fingerprint density at radius 3 is 2.65 bits per heavy atom. The Bertz CT molecular complexity index is 930. The molecular weight excluding hydrogens is 390 g/mol. The maximum atomic E-state index is 12.9. The smallest absolute Gasteiger partial charge is 0.244 e. The quantitative estimate of drug-likeness (QED) is 0.628. The van der Waals surface area contributed by atoms with Crippen molar-refractivity contribution in [3.8, 4) is 5.75 Å². The van der Waals surface area contributed by atoms with Gasteiger partial charge < -0.3 is 9.84 Å². The van der Waals surface area contributed by atoms with Crippen LogP contribution in [0, 0.1) is 6.92 Å². The number of methoxy groups -OCH3 is 1. The molecule has 2 heterocycles. The molecule has 1 atom stereocenters. The van der Waals surface area contributed by atoms with E-state index in [1.54, 1.807) is 30.3 Å². The van der Waals surface area contributed by atoms with Gasteiger partial charge in [-0.1, -0.05) is 12.1 Å². The zero-order valence-electron chi connectivity index (χ0n) is 14.3. The molecule has 0 fully saturated rings. The van der Waals surface area contributed by atoms with E-state index in [1.165, 1.54) is 29.8 Å². The summed E-state index contributed by atoms with van der Waals surface area (Å²) < 4.78 is 33.4. The monoisotopic (exact) mass is 409 g/mol. The van der Waals surface area contributed by atoms with Gasteiger partial charge in [-0.3, -0.25) is 0 Å². The van der Waals surface area contributed by atoms with E-state index < -0.39 is 15.6 Å². The molecular formula is C18H19NO4S3. The normalized spacial score (nSPS) is 14.1. The van der Waals surface area contributed by atoms with Crippen molar-refractivity contribution in [2.75, 3.05) is 13.7 Å². The van der Waals surface area contributed by atoms with Crippen LogP contribution in [0.1, 0.15) is 16.0 Å². The Kier molecular flexibility index (Phi) is 5.50. The molecule has 0 aliphatic carbocycles. The lowest BCUT2D eigenvalue weighted by molar-refractivity contribution is 0.0903. The zero-order valence-corrected chi connectivity index (χ0v) is 16.7. The van der Waals surface area contributed by atoms with Crippen LogP contribution >= 0.6 is 22.7 Å². The lowest BCUT2D eigenvalue weighted by Crippen LogP contribution is -2.41. The van der Waals surface area contributed by atoms with Gasteiger partial charge >= 0.3 is 0 Å². The van der Waals surface area contributed by atoms with Crippen LogP contribution in [-0.4, -0.2) is 27.2 Å². The summed E-state index contributed by atoms with van der Waals surface area (Å²) in [7, 11) is -2.44. The molecule has 0 aliphatic heterocycles. The minimum absolute atomic E-state index is 0.0545. The van der Waals surface area contributed by atoms with Crippen LogP contribution in [0.5, 0.6) is 5.75 Å². The van der Waals surface area contributed by atoms with Gasteiger partial charge in [-0.25, -0.2) is 13.1 Å². The highest BCUT2D eigenvalue weighted by molar-refractivity contribution is 7.89. The minimum Gasteiger partial charge on any atom is -0.495 e. The van der Waals surface area contributed by atoms with Crippen LogP contribution in [0.3, 0.4) is 0 Å². The molecule has 2 aromatic heterocycles. The first-order valence-corrected chi connectivity index (χ1v) is 11.1. The first kappa shape index (κ1) is 19.1. The molecule has 1 unspecified atom stereocenters. The summed E-state index contributed by atoms with van der Waals surface area (Å²) in [6.07, 6.45) is 0. The van der Waals surface area contributed by atoms with Gasteiger partial charge in [0.25, 0.3) is 0 Å². The van der Waals surface area contributed by atoms with Crippen LogP contribution in [0.4, 0.5) is 0 Å². The predicted molar refractivity (Wildman–Crippen MR) is 105 cm³/mol. The summed E-state index contributed by atoms with van der Waals surface area (Å²) in [5, 5.41) is 16.8. The van der Waals surface area contributed by atoms with Gasteiger partial charge in [0, 0.05) is 17.0 Å². The Hall–Kier alpha value is -1.71. The van der Waals surface area contributed by atoms with Crippen LogP contribution in [0.25, 0.3) is 0 Å². The zero-order chi connectivity index (χ0) is 18.8. The van der Waals surface area contributed by atoms with Crippen molar-refractivity contribution >= 4 is 32.7 Å². The molecule has 138 valence electrons. The van der Waals surface area contributed by atoms with E-state index in [2.05, 4.69) is 4.72 Å². The number of rotatable bonds is 7. The maximum Gasteiger partial charge on any atom is 0.244 e. The van der Waals surface area contributed by atoms with Gasteiger partial charge in [0.1, 0.15) is 16.2 Å². The first-order chi connectivity index (χ1) is 12.4. The fourth-order valence-corrected chi connectivity index (χ4v) is 5.50. The Balaban J connectivity index is 1.94. The molecule has 1 aromatic carbocycles. The molecule has 0 spiro atoms. The highest BCUT2D eigenvalue weighted by atomic mass is 32.2. The summed E-state index contributed by atoms with van der Waals surface area (Å²) in [5.41, 5.74) is 0.0274. The van der Waals surface area contributed by atoms with E-state index in [1.807, 2.05) is 29.1 Å². The van der Waals surface area contributed by atoms with Crippen LogP contribution in [0.15, 0.2) is 57.4 Å². The van der Waals surface area contributed by atoms with Crippen molar-refractivity contribution in [3.63, 3.8) is 0 Å². The van der Waals surface area contributed by atoms with E-state index in [-0.39, 0.29) is 17.2 Å². The van der Waals surface area contributed by atoms with Gasteiger partial charge in [-0.2, -0.15) is 11.3 Å². The van der Waals surface area contributed by atoms with Crippen molar-refractivity contribution in [3.05, 3.63) is 68.5 Å². The van der Waals surface area contributed by atoms with Crippen molar-refractivity contribution in [1.29, 1.82) is 0 Å². The maximum absolute atomic E-state index is 12.9. The third-order valence-corrected chi connectivity index (χ3v) is 7.18. The van der Waals surface area contributed by atoms with Crippen molar-refractivity contribution in [1.82, 2.24) is 4.72 Å². The fourth-order valence-electron chi connectivity index (χ4n) is 2.62. The molecule has 0 aliphatic rings. The standard InChI is InChI=1S/C18H19NO4S3/c1-13-5-6-15(23-2)16(10-13)26(21,22)19-12-18(20,14-7-9-24-11-14)17-4-3-8-25-17/h3-11,19-20H,12H2,1-2H3. The van der Waals surface area contributed by atoms with Gasteiger partial charge in [0.2, 0.25) is 10.0 Å². The Morgan fingerprint density at radius 1 is 1.23 bits per heavy atom. The summed E-state index contributed by atoms with van der Waals surface area (Å²) in [5.74, 6) is 0.262. The van der Waals surface area contributed by atoms with Crippen LogP contribution < -0.4 is 9.46 Å². The Labute approximate surface area is 161 Å². The SMILES string of the molecule is COc1ccc(C)cc1S(=O)(=O)NCC(O)(c1ccsc1)c1cccs1. The van der Waals surface area contributed by atoms with E-state index in [4.69, 9.17) is 4.74 Å². The average molecular weight is 410 g/mol. The topological polar surface area (TPSA) is 75.6 Å². The number of benzene rings is 1. The number of aryl methyl sites for hydroxylation is 1. The first-order valence-electron chi connectivity index (χ1n) is 7.80. The number of hydrogen-bond donors (Lipinski definition) is 2. The number of hydrogen-bond acceptors (Lipinski definition) is 6. The highest BCUT2D eigenvalue weighted by Gasteiger charge is 2.35. The van der Waals surface area contributed by atoms with Gasteiger partial charge in [-0.05, 0) is 52.9 Å². The fraction of sp³-hybridized carbons (Fsp3) is 0.222. The van der Waals surface area contributed by atoms with Gasteiger partial charge in [-0.15, -0.1) is 11.3 Å². The van der Waals surface area contributed by atoms with Crippen LogP contribution in [0.2, 0.25) is 0 Å². The molecule has 5 nitrogen and oxygen atoms in total. The number of aliphatic hydroxyl groups is 1. The summed E-state index contributed by atoms with van der Waals surface area (Å²) in [4.78, 5) is 0.730. The molecule has 3 rings (SSSR count). The van der Waals surface area contributed by atoms with Crippen molar-refractivity contribution in [2.45, 2.75) is 17.4 Å². The van der Waals surface area contributed by atoms with Crippen LogP contribution in [-0.2, 0) is 15.6 Å². The highest BCUT2D eigenvalue weighted by Crippen LogP contribution is 2.34. The second-order valence-corrected chi connectivity index (χ2v) is 9.29. The molecule has 0 saturated heterocycles. The van der Waals surface area contributed by atoms with Crippen molar-refractivity contribution in [2.24, 2.45) is 0 Å². The second-order valence-electron chi connectivity index (χ2n) is 5.83. The molecule has 26 heavy (non-hydrogen) atoms. The van der Waals surface area contributed by atoms with Gasteiger partial charge in [0.05, 0.1) is 7.11 Å². The number of thiophene rings is 2. The summed E-state index contributed by atoms with van der Waals surface area (Å²) >= 11 is 2.83. The van der Waals surface area contributed by atoms with E-state index >= 15 is 0 Å². The summed E-state index contributed by atoms with van der Waals surface area (Å²) in [6.45, 7) is 1.63. The number of ether oxygens (including phenoxy) is 1. The van der Waals surface area contributed by atoms with E-state index in [9.17, 15) is 13.5 Å². The molecule has 8 heteroatoms. The lowest BCUT2D eigenvalue weighted by atomic mass is 9.95. The Morgan fingerprint density at radius 2 is 2.04 bits per heavy atom. The third kappa shape index (κ3) is 3.70. The largest absolute Gasteiger partial charge is 0.495 e. The van der Waals surface area contributed by atoms with E-state index in [0.29, 0.717) is 10.4 Å². The average Bonchev–Trinajstić information content (AvgIpc) is 3.33. The summed E-state index contributed by atoms with van der Waals surface area (Å²) in [6, 6.07) is 10.4. The number of sulfonamides is 1. The van der Waals surface area contributed by atoms with E-state index in [0.717, 1.165) is 5.56 Å². The van der Waals surface area contributed by atoms with Gasteiger partial charge in [0.15, 0.2) is 0 Å². The molecule has 0 saturated carbocycles. The molecule has 0 amide bonds. The molecule has 0 bridgehead atoms. The second kappa shape index (κ2) is 7.50. The molecule has 2 N–H and O–H groups in total. The molecule has 0 radical (unpaired) electrons. The predicted octanol–water partition coefficient (Wildman–Crippen LogP) is 3.34. The molecule has 3 aromatic rings. The lowest BCUT2D eigenvalue weighted by Gasteiger charge is -2.27. The number of nitrogens with one attached hydrogen (secondary N) is 1.